The minimum absolute atomic E-state index is 0.917. The van der Waals surface area contributed by atoms with E-state index in [1.165, 1.54) is 57.8 Å². The molecule has 2 atom stereocenters. The molecule has 0 N–H and O–H groups in total. The quantitative estimate of drug-likeness (QED) is 0.600. The molecule has 2 radical (unpaired) electrons. The average molecular weight is 206 g/mol. The number of rotatable bonds is 2. The van der Waals surface area contributed by atoms with Crippen molar-refractivity contribution in [3.8, 4) is 0 Å². The van der Waals surface area contributed by atoms with Gasteiger partial charge in [0.25, 0.3) is 0 Å². The third-order valence-corrected chi connectivity index (χ3v) is 4.62. The molecule has 0 amide bonds. The molecule has 0 spiro atoms. The lowest BCUT2D eigenvalue weighted by Gasteiger charge is -2.35. The normalized spacial score (nSPS) is 35.6. The number of hydrogen-bond acceptors (Lipinski definition) is 0. The van der Waals surface area contributed by atoms with Crippen molar-refractivity contribution in [2.75, 3.05) is 0 Å². The van der Waals surface area contributed by atoms with E-state index < -0.39 is 0 Å². The molecule has 15 heavy (non-hydrogen) atoms. The van der Waals surface area contributed by atoms with Crippen LogP contribution >= 0.6 is 0 Å². The van der Waals surface area contributed by atoms with E-state index in [1.54, 1.807) is 0 Å². The highest BCUT2D eigenvalue weighted by molar-refractivity contribution is 5.10. The van der Waals surface area contributed by atoms with Crippen LogP contribution in [0.4, 0.5) is 0 Å². The summed E-state index contributed by atoms with van der Waals surface area (Å²) in [6, 6.07) is 0. The summed E-state index contributed by atoms with van der Waals surface area (Å²) in [5.74, 6) is 5.59. The maximum Gasteiger partial charge on any atom is -0.0207 e. The van der Waals surface area contributed by atoms with Gasteiger partial charge >= 0.3 is 0 Å². The molecular weight excluding hydrogens is 180 g/mol. The van der Waals surface area contributed by atoms with Crippen LogP contribution in [0.25, 0.3) is 0 Å². The second-order valence-electron chi connectivity index (χ2n) is 5.79. The van der Waals surface area contributed by atoms with Crippen LogP contribution < -0.4 is 0 Å². The van der Waals surface area contributed by atoms with Gasteiger partial charge in [0.15, 0.2) is 0 Å². The lowest BCUT2D eigenvalue weighted by Crippen LogP contribution is -2.22. The third kappa shape index (κ3) is 2.98. The second kappa shape index (κ2) is 5.37. The van der Waals surface area contributed by atoms with E-state index in [2.05, 4.69) is 13.8 Å². The van der Waals surface area contributed by atoms with Crippen molar-refractivity contribution >= 4 is 0 Å². The van der Waals surface area contributed by atoms with Gasteiger partial charge < -0.3 is 0 Å². The molecule has 2 unspecified atom stereocenters. The first-order chi connectivity index (χ1) is 7.27. The summed E-state index contributed by atoms with van der Waals surface area (Å²) in [7, 11) is 0. The molecule has 2 rings (SSSR count). The van der Waals surface area contributed by atoms with Crippen LogP contribution in [-0.2, 0) is 0 Å². The van der Waals surface area contributed by atoms with Crippen molar-refractivity contribution < 1.29 is 0 Å². The minimum atomic E-state index is 0.917. The van der Waals surface area contributed by atoms with Gasteiger partial charge in [-0.2, -0.15) is 0 Å². The minimum Gasteiger partial charge on any atom is -0.0620 e. The molecule has 0 aromatic rings. The molecule has 2 aliphatic rings. The maximum absolute atomic E-state index is 2.45. The Kier molecular flexibility index (Phi) is 4.11. The van der Waals surface area contributed by atoms with E-state index in [-0.39, 0.29) is 0 Å². The Balaban J connectivity index is 1.83. The molecular formula is C15H26. The van der Waals surface area contributed by atoms with E-state index >= 15 is 0 Å². The van der Waals surface area contributed by atoms with Crippen LogP contribution in [0.5, 0.6) is 0 Å². The first-order valence-electron chi connectivity index (χ1n) is 6.96. The molecule has 2 aliphatic carbocycles. The topological polar surface area (TPSA) is 0 Å². The molecule has 0 aromatic heterocycles. The zero-order valence-corrected chi connectivity index (χ0v) is 10.5. The first-order valence-corrected chi connectivity index (χ1v) is 6.96. The Bertz CT molecular complexity index is 164. The van der Waals surface area contributed by atoms with E-state index in [4.69, 9.17) is 0 Å². The SMILES string of the molecule is CC1CCCC[C]1C[C]1CCCCC1C. The van der Waals surface area contributed by atoms with Crippen LogP contribution in [0.2, 0.25) is 0 Å². The molecule has 0 heteroatoms. The lowest BCUT2D eigenvalue weighted by atomic mass is 9.70. The van der Waals surface area contributed by atoms with Crippen molar-refractivity contribution in [2.45, 2.75) is 71.6 Å². The van der Waals surface area contributed by atoms with Crippen molar-refractivity contribution in [1.82, 2.24) is 0 Å². The predicted octanol–water partition coefficient (Wildman–Crippen LogP) is 4.95. The monoisotopic (exact) mass is 206 g/mol. The summed E-state index contributed by atoms with van der Waals surface area (Å²) in [6.07, 6.45) is 13.0. The van der Waals surface area contributed by atoms with Gasteiger partial charge in [-0.3, -0.25) is 0 Å². The molecule has 2 saturated carbocycles. The average Bonchev–Trinajstić information content (AvgIpc) is 2.24. The molecule has 0 aliphatic heterocycles. The van der Waals surface area contributed by atoms with Crippen LogP contribution in [0, 0.1) is 23.7 Å². The molecule has 86 valence electrons. The molecule has 2 fully saturated rings. The first kappa shape index (κ1) is 11.5. The van der Waals surface area contributed by atoms with E-state index in [0.717, 1.165) is 11.8 Å². The van der Waals surface area contributed by atoms with Gasteiger partial charge in [-0.15, -0.1) is 0 Å². The smallest absolute Gasteiger partial charge is 0.0207 e. The van der Waals surface area contributed by atoms with Gasteiger partial charge in [-0.05, 0) is 42.9 Å². The lowest BCUT2D eigenvalue weighted by molar-refractivity contribution is 0.351. The van der Waals surface area contributed by atoms with Gasteiger partial charge in [0.2, 0.25) is 0 Å². The van der Waals surface area contributed by atoms with Crippen LogP contribution in [0.3, 0.4) is 0 Å². The molecule has 0 aromatic carbocycles. The van der Waals surface area contributed by atoms with Crippen molar-refractivity contribution in [2.24, 2.45) is 11.8 Å². The fourth-order valence-electron chi connectivity index (χ4n) is 3.32. The highest BCUT2D eigenvalue weighted by Crippen LogP contribution is 2.42. The summed E-state index contributed by atoms with van der Waals surface area (Å²) in [4.78, 5) is 0. The van der Waals surface area contributed by atoms with Gasteiger partial charge in [0.05, 0.1) is 0 Å². The van der Waals surface area contributed by atoms with Crippen molar-refractivity contribution in [3.05, 3.63) is 11.8 Å². The molecule has 0 bridgehead atoms. The summed E-state index contributed by atoms with van der Waals surface area (Å²) in [5.41, 5.74) is 0. The van der Waals surface area contributed by atoms with Crippen molar-refractivity contribution in [3.63, 3.8) is 0 Å². The molecule has 0 heterocycles. The number of hydrogen-bond donors (Lipinski definition) is 0. The van der Waals surface area contributed by atoms with Crippen LogP contribution in [0.15, 0.2) is 0 Å². The third-order valence-electron chi connectivity index (χ3n) is 4.62. The summed E-state index contributed by atoms with van der Waals surface area (Å²) in [6.45, 7) is 4.89. The Morgan fingerprint density at radius 3 is 1.67 bits per heavy atom. The van der Waals surface area contributed by atoms with E-state index in [0.29, 0.717) is 0 Å². The molecule has 0 saturated heterocycles. The van der Waals surface area contributed by atoms with E-state index in [1.807, 2.05) is 11.8 Å². The standard InChI is InChI=1S/C15H26/c1-12-7-3-5-9-14(12)11-15-10-6-4-8-13(15)2/h12-13H,3-11H2,1-2H3. The van der Waals surface area contributed by atoms with Gasteiger partial charge in [0, 0.05) is 0 Å². The highest BCUT2D eigenvalue weighted by Gasteiger charge is 2.29. The van der Waals surface area contributed by atoms with E-state index in [9.17, 15) is 0 Å². The van der Waals surface area contributed by atoms with Crippen molar-refractivity contribution in [1.29, 1.82) is 0 Å². The fourth-order valence-corrected chi connectivity index (χ4v) is 3.32. The Labute approximate surface area is 95.8 Å². The maximum atomic E-state index is 2.45. The Morgan fingerprint density at radius 2 is 1.27 bits per heavy atom. The fraction of sp³-hybridized carbons (Fsp3) is 0.867. The predicted molar refractivity (Wildman–Crippen MR) is 66.4 cm³/mol. The van der Waals surface area contributed by atoms with Crippen LogP contribution in [0.1, 0.15) is 71.6 Å². The second-order valence-corrected chi connectivity index (χ2v) is 5.79. The summed E-state index contributed by atoms with van der Waals surface area (Å²) >= 11 is 0. The van der Waals surface area contributed by atoms with Gasteiger partial charge in [-0.25, -0.2) is 0 Å². The summed E-state index contributed by atoms with van der Waals surface area (Å²) < 4.78 is 0. The zero-order valence-electron chi connectivity index (χ0n) is 10.5. The zero-order chi connectivity index (χ0) is 10.7. The van der Waals surface area contributed by atoms with Gasteiger partial charge in [0.1, 0.15) is 0 Å². The van der Waals surface area contributed by atoms with Gasteiger partial charge in [-0.1, -0.05) is 52.4 Å². The molecule has 0 nitrogen and oxygen atoms in total. The summed E-state index contributed by atoms with van der Waals surface area (Å²) in [5, 5.41) is 0. The highest BCUT2D eigenvalue weighted by atomic mass is 14.3. The largest absolute Gasteiger partial charge is 0.0620 e. The Morgan fingerprint density at radius 1 is 0.800 bits per heavy atom. The van der Waals surface area contributed by atoms with Crippen LogP contribution in [-0.4, -0.2) is 0 Å². The Hall–Kier alpha value is 0.